The number of aryl methyl sites for hydroxylation is 1. The third kappa shape index (κ3) is 3.19. The summed E-state index contributed by atoms with van der Waals surface area (Å²) in [4.78, 5) is 24.0. The molecule has 108 valence electrons. The van der Waals surface area contributed by atoms with Crippen molar-refractivity contribution in [3.63, 3.8) is 0 Å². The zero-order valence-electron chi connectivity index (χ0n) is 11.7. The van der Waals surface area contributed by atoms with Crippen LogP contribution in [0.1, 0.15) is 18.2 Å². The minimum Gasteiger partial charge on any atom is -0.359 e. The average Bonchev–Trinajstić information content (AvgIpc) is 2.86. The van der Waals surface area contributed by atoms with Crippen LogP contribution in [0.25, 0.3) is 10.2 Å². The zero-order chi connectivity index (χ0) is 14.7. The molecule has 0 radical (unpaired) electrons. The van der Waals surface area contributed by atoms with Gasteiger partial charge in [-0.3, -0.25) is 4.79 Å². The second kappa shape index (κ2) is 6.37. The van der Waals surface area contributed by atoms with Crippen LogP contribution in [0.4, 0.5) is 5.82 Å². The smallest absolute Gasteiger partial charge is 0.225 e. The fraction of sp³-hybridized carbons (Fsp3) is 0.462. The molecule has 0 fully saturated rings. The number of carbonyl (C=O) groups excluding carboxylic acids is 1. The third-order valence-corrected chi connectivity index (χ3v) is 4.40. The summed E-state index contributed by atoms with van der Waals surface area (Å²) in [7, 11) is 3.54. The van der Waals surface area contributed by atoms with Gasteiger partial charge in [0.25, 0.3) is 0 Å². The molecule has 0 bridgehead atoms. The van der Waals surface area contributed by atoms with Crippen LogP contribution in [0.3, 0.4) is 0 Å². The zero-order valence-corrected chi connectivity index (χ0v) is 13.3. The Hall–Kier alpha value is -1.40. The molecule has 2 aromatic heterocycles. The Morgan fingerprint density at radius 1 is 1.50 bits per heavy atom. The predicted molar refractivity (Wildman–Crippen MR) is 83.8 cm³/mol. The van der Waals surface area contributed by atoms with E-state index in [0.717, 1.165) is 22.5 Å². The first-order valence-electron chi connectivity index (χ1n) is 6.42. The summed E-state index contributed by atoms with van der Waals surface area (Å²) >= 11 is 7.62. The minimum absolute atomic E-state index is 0.00723. The van der Waals surface area contributed by atoms with E-state index in [2.05, 4.69) is 28.3 Å². The first kappa shape index (κ1) is 15.0. The molecule has 0 saturated carbocycles. The van der Waals surface area contributed by atoms with E-state index in [4.69, 9.17) is 11.6 Å². The van der Waals surface area contributed by atoms with Gasteiger partial charge >= 0.3 is 0 Å². The quantitative estimate of drug-likeness (QED) is 0.862. The average molecular weight is 313 g/mol. The lowest BCUT2D eigenvalue weighted by Gasteiger charge is -2.18. The Morgan fingerprint density at radius 3 is 2.90 bits per heavy atom. The fourth-order valence-electron chi connectivity index (χ4n) is 1.90. The van der Waals surface area contributed by atoms with Gasteiger partial charge in [-0.05, 0) is 24.1 Å². The Bertz CT molecular complexity index is 628. The molecule has 1 amide bonds. The van der Waals surface area contributed by atoms with Crippen molar-refractivity contribution in [1.82, 2.24) is 15.3 Å². The summed E-state index contributed by atoms with van der Waals surface area (Å²) in [5.74, 6) is 0.785. The van der Waals surface area contributed by atoms with Crippen molar-refractivity contribution in [2.45, 2.75) is 19.8 Å². The third-order valence-electron chi connectivity index (χ3n) is 3.06. The van der Waals surface area contributed by atoms with Gasteiger partial charge in [0.1, 0.15) is 10.6 Å². The van der Waals surface area contributed by atoms with E-state index in [9.17, 15) is 4.79 Å². The first-order chi connectivity index (χ1) is 9.55. The summed E-state index contributed by atoms with van der Waals surface area (Å²) < 4.78 is 0. The SMILES string of the molecule is CCc1cc2c(N(C)CCC(=O)NC)nc(Cl)nc2s1. The number of nitrogens with one attached hydrogen (secondary N) is 1. The summed E-state index contributed by atoms with van der Waals surface area (Å²) in [6.45, 7) is 2.69. The predicted octanol–water partition coefficient (Wildman–Crippen LogP) is 2.48. The van der Waals surface area contributed by atoms with Crippen molar-refractivity contribution in [3.05, 3.63) is 16.2 Å². The lowest BCUT2D eigenvalue weighted by Crippen LogP contribution is -2.27. The van der Waals surface area contributed by atoms with Gasteiger partial charge in [0.05, 0.1) is 5.39 Å². The number of hydrogen-bond donors (Lipinski definition) is 1. The van der Waals surface area contributed by atoms with E-state index in [1.807, 2.05) is 11.9 Å². The van der Waals surface area contributed by atoms with Gasteiger partial charge in [-0.25, -0.2) is 4.98 Å². The molecule has 0 saturated heterocycles. The minimum atomic E-state index is 0.00723. The van der Waals surface area contributed by atoms with Crippen LogP contribution in [-0.4, -0.2) is 36.5 Å². The molecule has 0 aliphatic carbocycles. The van der Waals surface area contributed by atoms with Crippen LogP contribution >= 0.6 is 22.9 Å². The molecule has 7 heteroatoms. The van der Waals surface area contributed by atoms with Crippen LogP contribution in [0.15, 0.2) is 6.07 Å². The van der Waals surface area contributed by atoms with E-state index in [1.54, 1.807) is 18.4 Å². The Balaban J connectivity index is 2.32. The molecule has 2 rings (SSSR count). The van der Waals surface area contributed by atoms with Gasteiger partial charge in [-0.15, -0.1) is 11.3 Å². The number of carbonyl (C=O) groups is 1. The van der Waals surface area contributed by atoms with Crippen molar-refractivity contribution in [2.24, 2.45) is 0 Å². The highest BCUT2D eigenvalue weighted by molar-refractivity contribution is 7.18. The van der Waals surface area contributed by atoms with Crippen LogP contribution in [0.5, 0.6) is 0 Å². The highest BCUT2D eigenvalue weighted by Gasteiger charge is 2.14. The largest absolute Gasteiger partial charge is 0.359 e. The number of halogens is 1. The topological polar surface area (TPSA) is 58.1 Å². The summed E-state index contributed by atoms with van der Waals surface area (Å²) in [5, 5.41) is 3.85. The molecule has 1 N–H and O–H groups in total. The van der Waals surface area contributed by atoms with Crippen LogP contribution in [0.2, 0.25) is 5.28 Å². The van der Waals surface area contributed by atoms with Crippen LogP contribution < -0.4 is 10.2 Å². The molecule has 0 atom stereocenters. The van der Waals surface area contributed by atoms with Crippen molar-refractivity contribution >= 4 is 44.9 Å². The molecule has 20 heavy (non-hydrogen) atoms. The lowest BCUT2D eigenvalue weighted by molar-refractivity contribution is -0.120. The number of rotatable bonds is 5. The monoisotopic (exact) mass is 312 g/mol. The fourth-order valence-corrected chi connectivity index (χ4v) is 3.07. The second-order valence-corrected chi connectivity index (χ2v) is 5.90. The number of thiophene rings is 1. The molecule has 0 aromatic carbocycles. The Morgan fingerprint density at radius 2 is 2.25 bits per heavy atom. The Labute approximate surface area is 127 Å². The highest BCUT2D eigenvalue weighted by Crippen LogP contribution is 2.31. The second-order valence-electron chi connectivity index (χ2n) is 4.45. The molecule has 0 unspecified atom stereocenters. The van der Waals surface area contributed by atoms with Gasteiger partial charge in [0.2, 0.25) is 11.2 Å². The standard InChI is InChI=1S/C13H17ClN4OS/c1-4-8-7-9-11(16-13(14)17-12(9)20-8)18(3)6-5-10(19)15-2/h7H,4-6H2,1-3H3,(H,15,19). The molecular formula is C13H17ClN4OS. The first-order valence-corrected chi connectivity index (χ1v) is 7.62. The maximum Gasteiger partial charge on any atom is 0.225 e. The number of amides is 1. The summed E-state index contributed by atoms with van der Waals surface area (Å²) in [5.41, 5.74) is 0. The van der Waals surface area contributed by atoms with Gasteiger partial charge < -0.3 is 10.2 Å². The maximum absolute atomic E-state index is 11.3. The van der Waals surface area contributed by atoms with E-state index in [1.165, 1.54) is 4.88 Å². The van der Waals surface area contributed by atoms with E-state index < -0.39 is 0 Å². The lowest BCUT2D eigenvalue weighted by atomic mass is 10.3. The van der Waals surface area contributed by atoms with E-state index in [0.29, 0.717) is 13.0 Å². The maximum atomic E-state index is 11.3. The van der Waals surface area contributed by atoms with Gasteiger partial charge in [0, 0.05) is 31.9 Å². The van der Waals surface area contributed by atoms with Crippen molar-refractivity contribution in [3.8, 4) is 0 Å². The number of nitrogens with zero attached hydrogens (tertiary/aromatic N) is 3. The van der Waals surface area contributed by atoms with Crippen LogP contribution in [-0.2, 0) is 11.2 Å². The van der Waals surface area contributed by atoms with E-state index in [-0.39, 0.29) is 11.2 Å². The summed E-state index contributed by atoms with van der Waals surface area (Å²) in [6, 6.07) is 2.10. The molecule has 0 aliphatic heterocycles. The number of aromatic nitrogens is 2. The molecule has 0 spiro atoms. The van der Waals surface area contributed by atoms with E-state index >= 15 is 0 Å². The van der Waals surface area contributed by atoms with Crippen LogP contribution in [0, 0.1) is 0 Å². The molecule has 2 heterocycles. The van der Waals surface area contributed by atoms with Crippen molar-refractivity contribution in [2.75, 3.05) is 25.5 Å². The van der Waals surface area contributed by atoms with Crippen molar-refractivity contribution in [1.29, 1.82) is 0 Å². The number of hydrogen-bond acceptors (Lipinski definition) is 5. The number of anilines is 1. The van der Waals surface area contributed by atoms with Crippen molar-refractivity contribution < 1.29 is 4.79 Å². The van der Waals surface area contributed by atoms with Gasteiger partial charge in [-0.1, -0.05) is 6.92 Å². The van der Waals surface area contributed by atoms with Gasteiger partial charge in [0.15, 0.2) is 0 Å². The normalized spacial score (nSPS) is 10.8. The molecule has 5 nitrogen and oxygen atoms in total. The summed E-state index contributed by atoms with van der Waals surface area (Å²) in [6.07, 6.45) is 1.38. The number of fused-ring (bicyclic) bond motifs is 1. The molecular weight excluding hydrogens is 296 g/mol. The highest BCUT2D eigenvalue weighted by atomic mass is 35.5. The Kier molecular flexibility index (Phi) is 4.77. The van der Waals surface area contributed by atoms with Gasteiger partial charge in [-0.2, -0.15) is 4.98 Å². The molecule has 2 aromatic rings. The molecule has 0 aliphatic rings.